The number of likely N-dealkylation sites (tertiary alicyclic amines) is 1. The van der Waals surface area contributed by atoms with Crippen LogP contribution >= 0.6 is 15.9 Å². The van der Waals surface area contributed by atoms with E-state index in [1.54, 1.807) is 29.2 Å². The molecule has 1 amide bonds. The highest BCUT2D eigenvalue weighted by Crippen LogP contribution is 2.40. The van der Waals surface area contributed by atoms with E-state index < -0.39 is 17.7 Å². The highest BCUT2D eigenvalue weighted by atomic mass is 79.9. The molecule has 2 aliphatic heterocycles. The second-order valence-corrected chi connectivity index (χ2v) is 9.96. The number of ether oxygens (including phenoxy) is 2. The highest BCUT2D eigenvalue weighted by molar-refractivity contribution is 9.10. The molecule has 186 valence electrons. The fourth-order valence-corrected chi connectivity index (χ4v) is 4.78. The second kappa shape index (κ2) is 11.4. The third-order valence-electron chi connectivity index (χ3n) is 6.20. The summed E-state index contributed by atoms with van der Waals surface area (Å²) in [7, 11) is 0. The van der Waals surface area contributed by atoms with Crippen LogP contribution in [0.2, 0.25) is 0 Å². The third-order valence-corrected chi connectivity index (χ3v) is 6.73. The zero-order chi connectivity index (χ0) is 24.9. The van der Waals surface area contributed by atoms with Crippen molar-refractivity contribution in [2.24, 2.45) is 0 Å². The van der Waals surface area contributed by atoms with E-state index in [4.69, 9.17) is 9.47 Å². The van der Waals surface area contributed by atoms with Gasteiger partial charge in [0, 0.05) is 36.2 Å². The maximum Gasteiger partial charge on any atom is 0.295 e. The van der Waals surface area contributed by atoms with Crippen LogP contribution in [0.4, 0.5) is 0 Å². The van der Waals surface area contributed by atoms with Gasteiger partial charge in [-0.15, -0.1) is 0 Å². The lowest BCUT2D eigenvalue weighted by Gasteiger charge is -2.29. The normalized spacial score (nSPS) is 20.6. The number of carbonyl (C=O) groups excluding carboxylic acids is 2. The molecule has 7 nitrogen and oxygen atoms in total. The molecule has 1 unspecified atom stereocenters. The minimum Gasteiger partial charge on any atom is -0.507 e. The molecule has 2 aromatic carbocycles. The Morgan fingerprint density at radius 3 is 2.34 bits per heavy atom. The van der Waals surface area contributed by atoms with E-state index >= 15 is 0 Å². The molecule has 4 rings (SSSR count). The number of amides is 1. The molecule has 0 radical (unpaired) electrons. The van der Waals surface area contributed by atoms with Gasteiger partial charge in [-0.05, 0) is 62.2 Å². The van der Waals surface area contributed by atoms with Gasteiger partial charge in [0.1, 0.15) is 11.5 Å². The summed E-state index contributed by atoms with van der Waals surface area (Å²) in [6.07, 6.45) is 0.746. The van der Waals surface area contributed by atoms with Crippen LogP contribution in [0.3, 0.4) is 0 Å². The quantitative estimate of drug-likeness (QED) is 0.303. The van der Waals surface area contributed by atoms with Gasteiger partial charge in [0.2, 0.25) is 0 Å². The number of hydrogen-bond acceptors (Lipinski definition) is 6. The molecule has 0 bridgehead atoms. The number of rotatable bonds is 8. The Morgan fingerprint density at radius 1 is 1.06 bits per heavy atom. The SMILES string of the molecule is CC(C)Oc1ccc(/C(O)=C2\C(=O)C(=O)N(CCCN3CCOCC3)C2c2ccc(Br)cc2)cc1. The van der Waals surface area contributed by atoms with Crippen LogP contribution in [0, 0.1) is 0 Å². The molecule has 2 fully saturated rings. The van der Waals surface area contributed by atoms with Crippen molar-refractivity contribution < 1.29 is 24.2 Å². The van der Waals surface area contributed by atoms with Crippen molar-refractivity contribution >= 4 is 33.4 Å². The number of aliphatic hydroxyl groups is 1. The molecule has 1 atom stereocenters. The van der Waals surface area contributed by atoms with E-state index in [-0.39, 0.29) is 17.4 Å². The summed E-state index contributed by atoms with van der Waals surface area (Å²) in [5.41, 5.74) is 1.36. The minimum atomic E-state index is -0.663. The number of carbonyl (C=O) groups is 2. The Morgan fingerprint density at radius 2 is 1.71 bits per heavy atom. The molecule has 0 aliphatic carbocycles. The molecular formula is C27H31BrN2O5. The first-order valence-electron chi connectivity index (χ1n) is 12.0. The van der Waals surface area contributed by atoms with E-state index in [0.29, 0.717) is 31.1 Å². The number of benzene rings is 2. The van der Waals surface area contributed by atoms with Crippen LogP contribution < -0.4 is 4.74 Å². The average Bonchev–Trinajstić information content (AvgIpc) is 3.10. The standard InChI is InChI=1S/C27H31BrN2O5/c1-18(2)35-22-10-6-20(7-11-22)25(31)23-24(19-4-8-21(28)9-5-19)30(27(33)26(23)32)13-3-12-29-14-16-34-17-15-29/h4-11,18,24,31H,3,12-17H2,1-2H3/b25-23+. The van der Waals surface area contributed by atoms with Crippen LogP contribution in [0.25, 0.3) is 5.76 Å². The molecule has 0 spiro atoms. The van der Waals surface area contributed by atoms with E-state index in [1.165, 1.54) is 0 Å². The summed E-state index contributed by atoms with van der Waals surface area (Å²) in [6.45, 7) is 8.27. The van der Waals surface area contributed by atoms with Gasteiger partial charge in [-0.2, -0.15) is 0 Å². The van der Waals surface area contributed by atoms with Gasteiger partial charge in [-0.25, -0.2) is 0 Å². The summed E-state index contributed by atoms with van der Waals surface area (Å²) in [5.74, 6) is -0.752. The first-order chi connectivity index (χ1) is 16.8. The van der Waals surface area contributed by atoms with Crippen molar-refractivity contribution in [2.45, 2.75) is 32.4 Å². The van der Waals surface area contributed by atoms with Crippen LogP contribution in [0.1, 0.15) is 37.4 Å². The maximum atomic E-state index is 13.2. The number of Topliss-reactive ketones (excluding diaryl/α,β-unsaturated/α-hetero) is 1. The largest absolute Gasteiger partial charge is 0.507 e. The van der Waals surface area contributed by atoms with E-state index in [2.05, 4.69) is 20.8 Å². The van der Waals surface area contributed by atoms with Crippen LogP contribution in [0.15, 0.2) is 58.6 Å². The van der Waals surface area contributed by atoms with Gasteiger partial charge in [0.05, 0.1) is 30.9 Å². The first-order valence-corrected chi connectivity index (χ1v) is 12.8. The summed E-state index contributed by atoms with van der Waals surface area (Å²) < 4.78 is 12.0. The van der Waals surface area contributed by atoms with Crippen LogP contribution in [-0.4, -0.2) is 72.1 Å². The van der Waals surface area contributed by atoms with Crippen LogP contribution in [-0.2, 0) is 14.3 Å². The molecule has 2 aliphatic rings. The molecule has 8 heteroatoms. The molecule has 1 N–H and O–H groups in total. The Balaban J connectivity index is 1.64. The fourth-order valence-electron chi connectivity index (χ4n) is 4.51. The average molecular weight is 543 g/mol. The van der Waals surface area contributed by atoms with Crippen LogP contribution in [0.5, 0.6) is 5.75 Å². The van der Waals surface area contributed by atoms with Gasteiger partial charge < -0.3 is 19.5 Å². The predicted molar refractivity (Wildman–Crippen MR) is 137 cm³/mol. The maximum absolute atomic E-state index is 13.2. The fraction of sp³-hybridized carbons (Fsp3) is 0.407. The summed E-state index contributed by atoms with van der Waals surface area (Å²) in [5, 5.41) is 11.2. The molecule has 35 heavy (non-hydrogen) atoms. The van der Waals surface area contributed by atoms with E-state index in [9.17, 15) is 14.7 Å². The molecular weight excluding hydrogens is 512 g/mol. The lowest BCUT2D eigenvalue weighted by Crippen LogP contribution is -2.38. The first kappa shape index (κ1) is 25.4. The third kappa shape index (κ3) is 5.94. The summed E-state index contributed by atoms with van der Waals surface area (Å²) >= 11 is 3.45. The molecule has 2 saturated heterocycles. The minimum absolute atomic E-state index is 0.0228. The Labute approximate surface area is 214 Å². The number of halogens is 1. The monoisotopic (exact) mass is 542 g/mol. The molecule has 0 saturated carbocycles. The summed E-state index contributed by atoms with van der Waals surface area (Å²) in [6, 6.07) is 13.8. The predicted octanol–water partition coefficient (Wildman–Crippen LogP) is 4.38. The number of ketones is 1. The van der Waals surface area contributed by atoms with Crippen molar-refractivity contribution in [3.05, 3.63) is 69.7 Å². The Hall–Kier alpha value is -2.68. The van der Waals surface area contributed by atoms with Crippen molar-refractivity contribution in [3.63, 3.8) is 0 Å². The Bertz CT molecular complexity index is 1080. The van der Waals surface area contributed by atoms with Crippen molar-refractivity contribution in [1.29, 1.82) is 0 Å². The van der Waals surface area contributed by atoms with Gasteiger partial charge in [0.15, 0.2) is 0 Å². The lowest BCUT2D eigenvalue weighted by molar-refractivity contribution is -0.140. The summed E-state index contributed by atoms with van der Waals surface area (Å²) in [4.78, 5) is 30.2. The van der Waals surface area contributed by atoms with E-state index in [1.807, 2.05) is 38.1 Å². The topological polar surface area (TPSA) is 79.3 Å². The highest BCUT2D eigenvalue weighted by Gasteiger charge is 2.45. The smallest absolute Gasteiger partial charge is 0.295 e. The lowest BCUT2D eigenvalue weighted by atomic mass is 9.95. The second-order valence-electron chi connectivity index (χ2n) is 9.04. The molecule has 2 aromatic rings. The van der Waals surface area contributed by atoms with E-state index in [0.717, 1.165) is 36.1 Å². The Kier molecular flexibility index (Phi) is 8.26. The van der Waals surface area contributed by atoms with Gasteiger partial charge >= 0.3 is 0 Å². The number of aliphatic hydroxyl groups excluding tert-OH is 1. The van der Waals surface area contributed by atoms with Gasteiger partial charge in [0.25, 0.3) is 11.7 Å². The number of hydrogen-bond donors (Lipinski definition) is 1. The zero-order valence-corrected chi connectivity index (χ0v) is 21.7. The van der Waals surface area contributed by atoms with Crippen molar-refractivity contribution in [3.8, 4) is 5.75 Å². The van der Waals surface area contributed by atoms with Crippen molar-refractivity contribution in [1.82, 2.24) is 9.80 Å². The zero-order valence-electron chi connectivity index (χ0n) is 20.1. The molecule has 0 aromatic heterocycles. The van der Waals surface area contributed by atoms with Gasteiger partial charge in [-0.1, -0.05) is 28.1 Å². The number of nitrogens with zero attached hydrogens (tertiary/aromatic N) is 2. The van der Waals surface area contributed by atoms with Crippen molar-refractivity contribution in [2.75, 3.05) is 39.4 Å². The van der Waals surface area contributed by atoms with Gasteiger partial charge in [-0.3, -0.25) is 14.5 Å². The number of morpholine rings is 1. The molecule has 2 heterocycles.